The molecule has 1 N–H and O–H groups in total. The highest BCUT2D eigenvalue weighted by Gasteiger charge is 2.53. The van der Waals surface area contributed by atoms with E-state index < -0.39 is 15.4 Å². The lowest BCUT2D eigenvalue weighted by Crippen LogP contribution is -2.47. The Morgan fingerprint density at radius 3 is 2.61 bits per heavy atom. The van der Waals surface area contributed by atoms with Crippen molar-refractivity contribution < 1.29 is 13.2 Å². The van der Waals surface area contributed by atoms with E-state index in [4.69, 9.17) is 0 Å². The van der Waals surface area contributed by atoms with E-state index in [1.165, 1.54) is 0 Å². The van der Waals surface area contributed by atoms with Gasteiger partial charge in [0.25, 0.3) is 0 Å². The molecule has 3 heterocycles. The Labute approximate surface area is 184 Å². The maximum Gasteiger partial charge on any atom is 0.232 e. The van der Waals surface area contributed by atoms with Crippen molar-refractivity contribution in [2.75, 3.05) is 31.5 Å². The molecule has 0 spiro atoms. The molecule has 1 aromatic carbocycles. The molecule has 31 heavy (non-hydrogen) atoms. The first-order chi connectivity index (χ1) is 14.9. The first-order valence-corrected chi connectivity index (χ1v) is 12.5. The van der Waals surface area contributed by atoms with Crippen LogP contribution in [-0.4, -0.2) is 60.7 Å². The maximum absolute atomic E-state index is 13.5. The molecule has 1 aromatic heterocycles. The number of rotatable bonds is 6. The SMILES string of the molecule is CCN1CC[C@]2(C(=O)Nc3cccnc3)CCN(S(=O)(=O)Cc3ccccc3)CC[C@H]12. The van der Waals surface area contributed by atoms with Crippen LogP contribution in [0.15, 0.2) is 54.9 Å². The van der Waals surface area contributed by atoms with Crippen LogP contribution >= 0.6 is 0 Å². The van der Waals surface area contributed by atoms with Crippen molar-refractivity contribution in [2.24, 2.45) is 5.41 Å². The fourth-order valence-electron chi connectivity index (χ4n) is 5.07. The average Bonchev–Trinajstić information content (AvgIpc) is 3.01. The maximum atomic E-state index is 13.5. The largest absolute Gasteiger partial charge is 0.324 e. The van der Waals surface area contributed by atoms with Gasteiger partial charge in [0.15, 0.2) is 0 Å². The molecular formula is C23H30N4O3S. The van der Waals surface area contributed by atoms with Crippen LogP contribution < -0.4 is 5.32 Å². The molecule has 0 saturated carbocycles. The first kappa shape index (κ1) is 21.9. The van der Waals surface area contributed by atoms with E-state index in [2.05, 4.69) is 22.1 Å². The van der Waals surface area contributed by atoms with Crippen LogP contribution in [0.4, 0.5) is 5.69 Å². The Morgan fingerprint density at radius 1 is 1.13 bits per heavy atom. The van der Waals surface area contributed by atoms with Gasteiger partial charge in [-0.1, -0.05) is 37.3 Å². The summed E-state index contributed by atoms with van der Waals surface area (Å²) >= 11 is 0. The second-order valence-electron chi connectivity index (χ2n) is 8.43. The molecule has 8 heteroatoms. The first-order valence-electron chi connectivity index (χ1n) is 10.9. The fourth-order valence-corrected chi connectivity index (χ4v) is 6.62. The number of hydrogen-bond acceptors (Lipinski definition) is 5. The van der Waals surface area contributed by atoms with Crippen molar-refractivity contribution in [1.29, 1.82) is 0 Å². The Hall–Kier alpha value is -2.29. The lowest BCUT2D eigenvalue weighted by molar-refractivity contribution is -0.127. The number of hydrogen-bond donors (Lipinski definition) is 1. The van der Waals surface area contributed by atoms with Crippen LogP contribution in [0.2, 0.25) is 0 Å². The molecule has 4 rings (SSSR count). The van der Waals surface area contributed by atoms with Crippen molar-refractivity contribution in [3.8, 4) is 0 Å². The highest BCUT2D eigenvalue weighted by molar-refractivity contribution is 7.88. The lowest BCUT2D eigenvalue weighted by atomic mass is 9.75. The van der Waals surface area contributed by atoms with Crippen molar-refractivity contribution in [2.45, 2.75) is 38.0 Å². The number of sulfonamides is 1. The van der Waals surface area contributed by atoms with Crippen LogP contribution in [0.5, 0.6) is 0 Å². The second kappa shape index (κ2) is 9.06. The van der Waals surface area contributed by atoms with Crippen molar-refractivity contribution >= 4 is 21.6 Å². The fraction of sp³-hybridized carbons (Fsp3) is 0.478. The van der Waals surface area contributed by atoms with E-state index in [0.717, 1.165) is 25.1 Å². The predicted molar refractivity (Wildman–Crippen MR) is 121 cm³/mol. The quantitative estimate of drug-likeness (QED) is 0.744. The molecule has 166 valence electrons. The molecule has 1 amide bonds. The third-order valence-electron chi connectivity index (χ3n) is 6.75. The van der Waals surface area contributed by atoms with Crippen LogP contribution in [-0.2, 0) is 20.6 Å². The highest BCUT2D eigenvalue weighted by Crippen LogP contribution is 2.45. The van der Waals surface area contributed by atoms with Crippen molar-refractivity contribution in [3.05, 3.63) is 60.4 Å². The number of pyridine rings is 1. The number of carbonyl (C=O) groups is 1. The number of carbonyl (C=O) groups excluding carboxylic acids is 1. The summed E-state index contributed by atoms with van der Waals surface area (Å²) in [5.74, 6) is -0.0333. The lowest BCUT2D eigenvalue weighted by Gasteiger charge is -2.35. The summed E-state index contributed by atoms with van der Waals surface area (Å²) in [5, 5.41) is 3.04. The predicted octanol–water partition coefficient (Wildman–Crippen LogP) is 2.73. The molecule has 2 aromatic rings. The zero-order valence-corrected chi connectivity index (χ0v) is 18.7. The minimum Gasteiger partial charge on any atom is -0.324 e. The molecule has 0 radical (unpaired) electrons. The van der Waals surface area contributed by atoms with Gasteiger partial charge in [0.1, 0.15) is 0 Å². The normalized spacial score (nSPS) is 25.0. The molecule has 2 aliphatic heterocycles. The van der Waals surface area contributed by atoms with Crippen LogP contribution in [0, 0.1) is 5.41 Å². The van der Waals surface area contributed by atoms with Gasteiger partial charge in [0, 0.05) is 25.3 Å². The van der Waals surface area contributed by atoms with Gasteiger partial charge >= 0.3 is 0 Å². The minimum absolute atomic E-state index is 0.00905. The highest BCUT2D eigenvalue weighted by atomic mass is 32.2. The summed E-state index contributed by atoms with van der Waals surface area (Å²) in [4.78, 5) is 19.9. The summed E-state index contributed by atoms with van der Waals surface area (Å²) in [6, 6.07) is 12.9. The Bertz CT molecular complexity index is 1000. The van der Waals surface area contributed by atoms with E-state index in [0.29, 0.717) is 31.6 Å². The van der Waals surface area contributed by atoms with Gasteiger partial charge in [-0.15, -0.1) is 0 Å². The number of nitrogens with zero attached hydrogens (tertiary/aromatic N) is 3. The average molecular weight is 443 g/mol. The molecule has 0 unspecified atom stereocenters. The number of nitrogens with one attached hydrogen (secondary N) is 1. The van der Waals surface area contributed by atoms with Gasteiger partial charge < -0.3 is 5.32 Å². The summed E-state index contributed by atoms with van der Waals surface area (Å²) in [6.07, 6.45) is 5.23. The summed E-state index contributed by atoms with van der Waals surface area (Å²) in [6.45, 7) is 4.62. The van der Waals surface area contributed by atoms with Gasteiger partial charge in [-0.05, 0) is 50.0 Å². The number of benzene rings is 1. The molecular weight excluding hydrogens is 412 g/mol. The van der Waals surface area contributed by atoms with Gasteiger partial charge in [-0.2, -0.15) is 0 Å². The Balaban J connectivity index is 1.56. The molecule has 0 aliphatic carbocycles. The second-order valence-corrected chi connectivity index (χ2v) is 10.4. The topological polar surface area (TPSA) is 82.6 Å². The molecule has 2 saturated heterocycles. The smallest absolute Gasteiger partial charge is 0.232 e. The standard InChI is InChI=1S/C23H30N4O3S/c1-2-26-15-11-23(22(28)25-20-9-6-13-24-17-20)12-16-27(14-10-21(23)26)31(29,30)18-19-7-4-3-5-8-19/h3-9,13,17,21H,2,10-12,14-16,18H2,1H3,(H,25,28)/t21-,23-/m0/s1. The zero-order valence-electron chi connectivity index (χ0n) is 17.9. The molecule has 0 bridgehead atoms. The Morgan fingerprint density at radius 2 is 1.90 bits per heavy atom. The van der Waals surface area contributed by atoms with Crippen molar-refractivity contribution in [1.82, 2.24) is 14.2 Å². The van der Waals surface area contributed by atoms with Crippen LogP contribution in [0.3, 0.4) is 0 Å². The van der Waals surface area contributed by atoms with Gasteiger partial charge in [0.05, 0.1) is 23.1 Å². The van der Waals surface area contributed by atoms with E-state index in [9.17, 15) is 13.2 Å². The summed E-state index contributed by atoms with van der Waals surface area (Å²) in [7, 11) is -3.45. The van der Waals surface area contributed by atoms with E-state index in [1.54, 1.807) is 22.8 Å². The van der Waals surface area contributed by atoms with Gasteiger partial charge in [-0.3, -0.25) is 14.7 Å². The number of likely N-dealkylation sites (tertiary alicyclic amines) is 1. The molecule has 2 aliphatic rings. The number of amides is 1. The number of aromatic nitrogens is 1. The van der Waals surface area contributed by atoms with Crippen molar-refractivity contribution in [3.63, 3.8) is 0 Å². The van der Waals surface area contributed by atoms with Crippen LogP contribution in [0.25, 0.3) is 0 Å². The summed E-state index contributed by atoms with van der Waals surface area (Å²) in [5.41, 5.74) is 0.864. The Kier molecular flexibility index (Phi) is 6.41. The zero-order chi connectivity index (χ0) is 21.9. The van der Waals surface area contributed by atoms with Crippen LogP contribution in [0.1, 0.15) is 31.7 Å². The van der Waals surface area contributed by atoms with E-state index >= 15 is 0 Å². The van der Waals surface area contributed by atoms with E-state index in [-0.39, 0.29) is 17.7 Å². The van der Waals surface area contributed by atoms with Gasteiger partial charge in [-0.25, -0.2) is 12.7 Å². The number of fused-ring (bicyclic) bond motifs is 1. The van der Waals surface area contributed by atoms with E-state index in [1.807, 2.05) is 36.4 Å². The molecule has 2 atom stereocenters. The molecule has 7 nitrogen and oxygen atoms in total. The molecule has 2 fully saturated rings. The van der Waals surface area contributed by atoms with Gasteiger partial charge in [0.2, 0.25) is 15.9 Å². The minimum atomic E-state index is -3.45. The monoisotopic (exact) mass is 442 g/mol. The third-order valence-corrected chi connectivity index (χ3v) is 8.60. The summed E-state index contributed by atoms with van der Waals surface area (Å²) < 4.78 is 27.9. The number of anilines is 1. The third kappa shape index (κ3) is 4.51.